The van der Waals surface area contributed by atoms with Crippen LogP contribution in [0.2, 0.25) is 0 Å². The topological polar surface area (TPSA) is 75.8 Å². The van der Waals surface area contributed by atoms with Crippen LogP contribution in [0.25, 0.3) is 11.3 Å². The largest absolute Gasteiger partial charge is 0.476 e. The highest BCUT2D eigenvalue weighted by Gasteiger charge is 2.19. The predicted molar refractivity (Wildman–Crippen MR) is 71.9 cm³/mol. The predicted octanol–water partition coefficient (Wildman–Crippen LogP) is 1.88. The van der Waals surface area contributed by atoms with Gasteiger partial charge in [0.1, 0.15) is 0 Å². The Kier molecular flexibility index (Phi) is 3.39. The number of anilines is 1. The first kappa shape index (κ1) is 12.7. The standard InChI is InChI=1S/C14H14N2O4/c17-14(18)11-9-13(20-15-11)10-3-1-2-4-12(10)16-5-7-19-8-6-16/h1-4,9H,5-8H2,(H,17,18). The molecule has 6 heteroatoms. The summed E-state index contributed by atoms with van der Waals surface area (Å²) < 4.78 is 10.5. The number of carboxylic acid groups (broad SMARTS) is 1. The molecule has 1 aliphatic heterocycles. The lowest BCUT2D eigenvalue weighted by Crippen LogP contribution is -2.36. The number of nitrogens with zero attached hydrogens (tertiary/aromatic N) is 2. The van der Waals surface area contributed by atoms with Crippen molar-refractivity contribution in [1.29, 1.82) is 0 Å². The summed E-state index contributed by atoms with van der Waals surface area (Å²) >= 11 is 0. The van der Waals surface area contributed by atoms with Gasteiger partial charge in [-0.15, -0.1) is 0 Å². The van der Waals surface area contributed by atoms with Crippen LogP contribution in [0.4, 0.5) is 5.69 Å². The molecule has 2 heterocycles. The van der Waals surface area contributed by atoms with E-state index in [9.17, 15) is 4.79 Å². The molecule has 3 rings (SSSR count). The molecule has 0 unspecified atom stereocenters. The molecule has 0 aliphatic carbocycles. The fourth-order valence-corrected chi connectivity index (χ4v) is 2.26. The molecule has 0 saturated carbocycles. The number of carboxylic acids is 1. The van der Waals surface area contributed by atoms with E-state index in [0.29, 0.717) is 19.0 Å². The molecule has 1 saturated heterocycles. The van der Waals surface area contributed by atoms with Gasteiger partial charge in [0, 0.05) is 30.4 Å². The van der Waals surface area contributed by atoms with E-state index in [1.54, 1.807) is 0 Å². The van der Waals surface area contributed by atoms with Crippen LogP contribution in [0, 0.1) is 0 Å². The summed E-state index contributed by atoms with van der Waals surface area (Å²) in [6.45, 7) is 2.98. The van der Waals surface area contributed by atoms with E-state index in [2.05, 4.69) is 10.1 Å². The fraction of sp³-hybridized carbons (Fsp3) is 0.286. The first-order valence-corrected chi connectivity index (χ1v) is 6.38. The third kappa shape index (κ3) is 2.37. The number of para-hydroxylation sites is 1. The molecule has 0 spiro atoms. The second kappa shape index (κ2) is 5.34. The SMILES string of the molecule is O=C(O)c1cc(-c2ccccc2N2CCOCC2)on1. The Labute approximate surface area is 115 Å². The Bertz CT molecular complexity index is 617. The number of benzene rings is 1. The van der Waals surface area contributed by atoms with Crippen molar-refractivity contribution >= 4 is 11.7 Å². The number of rotatable bonds is 3. The Balaban J connectivity index is 1.97. The lowest BCUT2D eigenvalue weighted by Gasteiger charge is -2.30. The van der Waals surface area contributed by atoms with Gasteiger partial charge in [0.2, 0.25) is 0 Å². The van der Waals surface area contributed by atoms with Gasteiger partial charge in [-0.05, 0) is 12.1 Å². The van der Waals surface area contributed by atoms with Crippen LogP contribution in [-0.4, -0.2) is 42.5 Å². The summed E-state index contributed by atoms with van der Waals surface area (Å²) in [5.41, 5.74) is 1.76. The second-order valence-electron chi connectivity index (χ2n) is 4.50. The molecule has 0 radical (unpaired) electrons. The van der Waals surface area contributed by atoms with Gasteiger partial charge in [-0.2, -0.15) is 0 Å². The van der Waals surface area contributed by atoms with Crippen molar-refractivity contribution in [3.05, 3.63) is 36.0 Å². The van der Waals surface area contributed by atoms with Crippen molar-refractivity contribution in [1.82, 2.24) is 5.16 Å². The molecule has 1 fully saturated rings. The van der Waals surface area contributed by atoms with Gasteiger partial charge < -0.3 is 19.3 Å². The maximum atomic E-state index is 10.9. The summed E-state index contributed by atoms with van der Waals surface area (Å²) in [6.07, 6.45) is 0. The first-order valence-electron chi connectivity index (χ1n) is 6.38. The Morgan fingerprint density at radius 3 is 2.70 bits per heavy atom. The summed E-state index contributed by atoms with van der Waals surface area (Å²) in [6, 6.07) is 9.17. The number of aromatic carboxylic acids is 1. The highest BCUT2D eigenvalue weighted by atomic mass is 16.5. The van der Waals surface area contributed by atoms with Crippen LogP contribution in [0.3, 0.4) is 0 Å². The van der Waals surface area contributed by atoms with Crippen LogP contribution < -0.4 is 4.90 Å². The molecule has 104 valence electrons. The van der Waals surface area contributed by atoms with Crippen molar-refractivity contribution < 1.29 is 19.2 Å². The molecule has 2 aromatic rings. The highest BCUT2D eigenvalue weighted by Crippen LogP contribution is 2.31. The third-order valence-corrected chi connectivity index (χ3v) is 3.25. The van der Waals surface area contributed by atoms with Gasteiger partial charge in [0.05, 0.1) is 13.2 Å². The van der Waals surface area contributed by atoms with Crippen molar-refractivity contribution in [3.63, 3.8) is 0 Å². The van der Waals surface area contributed by atoms with E-state index in [1.807, 2.05) is 24.3 Å². The molecule has 1 aromatic carbocycles. The quantitative estimate of drug-likeness (QED) is 0.921. The smallest absolute Gasteiger partial charge is 0.358 e. The first-order chi connectivity index (χ1) is 9.75. The minimum absolute atomic E-state index is 0.0863. The average Bonchev–Trinajstić information content (AvgIpc) is 2.98. The van der Waals surface area contributed by atoms with Crippen LogP contribution in [0.5, 0.6) is 0 Å². The Hall–Kier alpha value is -2.34. The van der Waals surface area contributed by atoms with Gasteiger partial charge in [0.15, 0.2) is 11.5 Å². The van der Waals surface area contributed by atoms with Crippen LogP contribution in [-0.2, 0) is 4.74 Å². The number of morpholine rings is 1. The number of hydrogen-bond acceptors (Lipinski definition) is 5. The van der Waals surface area contributed by atoms with E-state index in [4.69, 9.17) is 14.4 Å². The molecular weight excluding hydrogens is 260 g/mol. The summed E-state index contributed by atoms with van der Waals surface area (Å²) in [7, 11) is 0. The molecule has 0 atom stereocenters. The number of carbonyl (C=O) groups is 1. The average molecular weight is 274 g/mol. The van der Waals surface area contributed by atoms with E-state index in [-0.39, 0.29) is 5.69 Å². The normalized spacial score (nSPS) is 15.3. The van der Waals surface area contributed by atoms with Crippen molar-refractivity contribution in [2.24, 2.45) is 0 Å². The molecular formula is C14H14N2O4. The lowest BCUT2D eigenvalue weighted by atomic mass is 10.1. The fourth-order valence-electron chi connectivity index (χ4n) is 2.26. The van der Waals surface area contributed by atoms with E-state index < -0.39 is 5.97 Å². The van der Waals surface area contributed by atoms with Crippen molar-refractivity contribution in [3.8, 4) is 11.3 Å². The molecule has 0 bridgehead atoms. The molecule has 1 N–H and O–H groups in total. The van der Waals surface area contributed by atoms with Crippen LogP contribution in [0.15, 0.2) is 34.9 Å². The molecule has 1 aromatic heterocycles. The van der Waals surface area contributed by atoms with E-state index in [0.717, 1.165) is 24.3 Å². The number of ether oxygens (including phenoxy) is 1. The highest BCUT2D eigenvalue weighted by molar-refractivity contribution is 5.87. The number of aromatic nitrogens is 1. The zero-order valence-corrected chi connectivity index (χ0v) is 10.8. The second-order valence-corrected chi connectivity index (χ2v) is 4.50. The monoisotopic (exact) mass is 274 g/mol. The van der Waals surface area contributed by atoms with E-state index in [1.165, 1.54) is 6.07 Å². The molecule has 0 amide bonds. The van der Waals surface area contributed by atoms with Crippen LogP contribution >= 0.6 is 0 Å². The zero-order chi connectivity index (χ0) is 13.9. The lowest BCUT2D eigenvalue weighted by molar-refractivity contribution is 0.0686. The Morgan fingerprint density at radius 2 is 2.00 bits per heavy atom. The minimum atomic E-state index is -1.09. The summed E-state index contributed by atoms with van der Waals surface area (Å²) in [4.78, 5) is 13.1. The minimum Gasteiger partial charge on any atom is -0.476 e. The summed E-state index contributed by atoms with van der Waals surface area (Å²) in [5, 5.41) is 12.5. The number of hydrogen-bond donors (Lipinski definition) is 1. The third-order valence-electron chi connectivity index (χ3n) is 3.25. The van der Waals surface area contributed by atoms with Gasteiger partial charge in [-0.3, -0.25) is 0 Å². The Morgan fingerprint density at radius 1 is 1.25 bits per heavy atom. The van der Waals surface area contributed by atoms with Crippen molar-refractivity contribution in [2.45, 2.75) is 0 Å². The maximum absolute atomic E-state index is 10.9. The van der Waals surface area contributed by atoms with Gasteiger partial charge in [-0.1, -0.05) is 17.3 Å². The van der Waals surface area contributed by atoms with Crippen molar-refractivity contribution in [2.75, 3.05) is 31.2 Å². The van der Waals surface area contributed by atoms with E-state index >= 15 is 0 Å². The maximum Gasteiger partial charge on any atom is 0.358 e. The molecule has 1 aliphatic rings. The van der Waals surface area contributed by atoms with Gasteiger partial charge >= 0.3 is 5.97 Å². The summed E-state index contributed by atoms with van der Waals surface area (Å²) in [5.74, 6) is -0.631. The molecule has 6 nitrogen and oxygen atoms in total. The van der Waals surface area contributed by atoms with Crippen LogP contribution in [0.1, 0.15) is 10.5 Å². The molecule has 20 heavy (non-hydrogen) atoms. The van der Waals surface area contributed by atoms with Gasteiger partial charge in [0.25, 0.3) is 0 Å². The van der Waals surface area contributed by atoms with Gasteiger partial charge in [-0.25, -0.2) is 4.79 Å². The zero-order valence-electron chi connectivity index (χ0n) is 10.8.